The number of thioether (sulfide) groups is 1. The molecule has 0 unspecified atom stereocenters. The van der Waals surface area contributed by atoms with Crippen molar-refractivity contribution in [3.05, 3.63) is 30.3 Å². The minimum Gasteiger partial charge on any atom is -0.0879 e. The molecule has 14 heavy (non-hydrogen) atoms. The topological polar surface area (TPSA) is 29.7 Å². The van der Waals surface area contributed by atoms with Crippen molar-refractivity contribution in [1.82, 2.24) is 9.59 Å². The van der Waals surface area contributed by atoms with E-state index in [0.29, 0.717) is 0 Å². The smallest absolute Gasteiger partial charge is 0.0879 e. The maximum absolute atomic E-state index is 4.36. The van der Waals surface area contributed by atoms with Crippen LogP contribution in [0.25, 0.3) is 5.69 Å². The lowest BCUT2D eigenvalue weighted by Gasteiger charge is -1.83. The standard InChI is InChI=1S/C9H10N3S2/c1-2-13-9-10-12(11-14-9)8-6-4-3-5-7-8/h3-7H,2H2,1H3/q+1. The van der Waals surface area contributed by atoms with Gasteiger partial charge < -0.3 is 0 Å². The molecule has 0 bridgehead atoms. The highest BCUT2D eigenvalue weighted by molar-refractivity contribution is 8.00. The summed E-state index contributed by atoms with van der Waals surface area (Å²) in [7, 11) is 0. The van der Waals surface area contributed by atoms with Gasteiger partial charge in [0.15, 0.2) is 0 Å². The summed E-state index contributed by atoms with van der Waals surface area (Å²) in [6, 6.07) is 9.93. The average molecular weight is 224 g/mol. The predicted molar refractivity (Wildman–Crippen MR) is 57.8 cm³/mol. The van der Waals surface area contributed by atoms with Crippen molar-refractivity contribution in [2.45, 2.75) is 11.3 Å². The third-order valence-corrected chi connectivity index (χ3v) is 3.30. The molecule has 2 rings (SSSR count). The van der Waals surface area contributed by atoms with Crippen molar-refractivity contribution >= 4 is 23.3 Å². The lowest BCUT2D eigenvalue weighted by molar-refractivity contribution is -0.712. The van der Waals surface area contributed by atoms with Crippen molar-refractivity contribution < 1.29 is 4.80 Å². The van der Waals surface area contributed by atoms with Crippen LogP contribution in [-0.2, 0) is 0 Å². The van der Waals surface area contributed by atoms with Crippen LogP contribution >= 0.6 is 23.3 Å². The summed E-state index contributed by atoms with van der Waals surface area (Å²) >= 11 is 3.15. The molecule has 2 aromatic rings. The van der Waals surface area contributed by atoms with Gasteiger partial charge in [-0.2, -0.15) is 0 Å². The Labute approximate surface area is 90.9 Å². The number of aromatic nitrogens is 3. The highest BCUT2D eigenvalue weighted by Gasteiger charge is 2.14. The molecule has 0 N–H and O–H groups in total. The predicted octanol–water partition coefficient (Wildman–Crippen LogP) is 1.93. The molecule has 0 aliphatic carbocycles. The van der Waals surface area contributed by atoms with E-state index >= 15 is 0 Å². The van der Waals surface area contributed by atoms with Gasteiger partial charge in [-0.15, -0.1) is 0 Å². The molecule has 3 nitrogen and oxygen atoms in total. The largest absolute Gasteiger partial charge is 0.269 e. The van der Waals surface area contributed by atoms with Crippen LogP contribution in [0.4, 0.5) is 0 Å². The number of benzene rings is 1. The zero-order chi connectivity index (χ0) is 9.80. The van der Waals surface area contributed by atoms with Gasteiger partial charge in [0.1, 0.15) is 0 Å². The molecule has 0 saturated carbocycles. The lowest BCUT2D eigenvalue weighted by Crippen LogP contribution is -2.35. The fourth-order valence-electron chi connectivity index (χ4n) is 1.03. The molecule has 1 aromatic heterocycles. The third kappa shape index (κ3) is 2.10. The Balaban J connectivity index is 2.25. The van der Waals surface area contributed by atoms with Crippen LogP contribution in [0.2, 0.25) is 0 Å². The molecular formula is C9H10N3S2+. The first kappa shape index (κ1) is 9.61. The van der Waals surface area contributed by atoms with Crippen molar-refractivity contribution in [2.24, 2.45) is 0 Å². The maximum atomic E-state index is 4.36. The van der Waals surface area contributed by atoms with E-state index in [2.05, 4.69) is 16.5 Å². The fourth-order valence-corrected chi connectivity index (χ4v) is 2.47. The van der Waals surface area contributed by atoms with E-state index in [4.69, 9.17) is 0 Å². The fraction of sp³-hybridized carbons (Fsp3) is 0.222. The first-order chi connectivity index (χ1) is 6.90. The minimum atomic E-state index is 1.01. The Bertz CT molecular complexity index is 399. The second-order valence-electron chi connectivity index (χ2n) is 2.60. The molecule has 0 aliphatic rings. The van der Waals surface area contributed by atoms with Gasteiger partial charge in [0, 0.05) is 12.1 Å². The molecule has 5 heteroatoms. The number of hydrogen-bond acceptors (Lipinski definition) is 4. The highest BCUT2D eigenvalue weighted by Crippen LogP contribution is 2.15. The molecular weight excluding hydrogens is 214 g/mol. The summed E-state index contributed by atoms with van der Waals surface area (Å²) in [4.78, 5) is 1.67. The molecule has 1 heterocycles. The van der Waals surface area contributed by atoms with Gasteiger partial charge in [0.25, 0.3) is 5.69 Å². The summed E-state index contributed by atoms with van der Waals surface area (Å²) in [5.41, 5.74) is 1.01. The van der Waals surface area contributed by atoms with Crippen LogP contribution in [-0.4, -0.2) is 15.3 Å². The third-order valence-electron chi connectivity index (χ3n) is 1.63. The molecule has 1 aromatic carbocycles. The summed E-state index contributed by atoms with van der Waals surface area (Å²) < 4.78 is 5.24. The molecule has 0 saturated heterocycles. The van der Waals surface area contributed by atoms with E-state index in [1.165, 1.54) is 11.5 Å². The van der Waals surface area contributed by atoms with Crippen molar-refractivity contribution in [3.63, 3.8) is 0 Å². The quantitative estimate of drug-likeness (QED) is 0.589. The minimum absolute atomic E-state index is 1.01. The highest BCUT2D eigenvalue weighted by atomic mass is 32.2. The molecule has 0 radical (unpaired) electrons. The average Bonchev–Trinajstić information content (AvgIpc) is 2.68. The Morgan fingerprint density at radius 3 is 2.86 bits per heavy atom. The Morgan fingerprint density at radius 1 is 1.36 bits per heavy atom. The van der Waals surface area contributed by atoms with Crippen molar-refractivity contribution in [1.29, 1.82) is 0 Å². The molecule has 0 aliphatic heterocycles. The van der Waals surface area contributed by atoms with E-state index in [1.54, 1.807) is 16.6 Å². The van der Waals surface area contributed by atoms with Crippen LogP contribution in [0.5, 0.6) is 0 Å². The summed E-state index contributed by atoms with van der Waals surface area (Å²) in [6.07, 6.45) is 0. The van der Waals surface area contributed by atoms with Crippen molar-refractivity contribution in [2.75, 3.05) is 5.75 Å². The van der Waals surface area contributed by atoms with Gasteiger partial charge in [-0.05, 0) is 5.75 Å². The number of hydrogen-bond donors (Lipinski definition) is 0. The first-order valence-corrected chi connectivity index (χ1v) is 6.10. The molecule has 0 fully saturated rings. The van der Waals surface area contributed by atoms with Crippen LogP contribution in [0.15, 0.2) is 34.7 Å². The second kappa shape index (κ2) is 4.52. The molecule has 72 valence electrons. The van der Waals surface area contributed by atoms with E-state index in [9.17, 15) is 0 Å². The van der Waals surface area contributed by atoms with Crippen LogP contribution < -0.4 is 4.80 Å². The van der Waals surface area contributed by atoms with Crippen LogP contribution in [0, 0.1) is 0 Å². The summed E-state index contributed by atoms with van der Waals surface area (Å²) in [5.74, 6) is 1.03. The summed E-state index contributed by atoms with van der Waals surface area (Å²) in [6.45, 7) is 2.11. The van der Waals surface area contributed by atoms with Gasteiger partial charge in [0.2, 0.25) is 4.34 Å². The number of nitrogens with zero attached hydrogens (tertiary/aromatic N) is 3. The van der Waals surface area contributed by atoms with E-state index in [0.717, 1.165) is 15.8 Å². The van der Waals surface area contributed by atoms with E-state index in [-0.39, 0.29) is 0 Å². The van der Waals surface area contributed by atoms with Crippen LogP contribution in [0.1, 0.15) is 6.92 Å². The number of rotatable bonds is 3. The van der Waals surface area contributed by atoms with Gasteiger partial charge in [-0.3, -0.25) is 0 Å². The molecule has 0 amide bonds. The lowest BCUT2D eigenvalue weighted by atomic mass is 10.3. The van der Waals surface area contributed by atoms with E-state index in [1.807, 2.05) is 30.3 Å². The van der Waals surface area contributed by atoms with Crippen molar-refractivity contribution in [3.8, 4) is 5.69 Å². The zero-order valence-electron chi connectivity index (χ0n) is 7.75. The monoisotopic (exact) mass is 224 g/mol. The van der Waals surface area contributed by atoms with Gasteiger partial charge in [-0.25, -0.2) is 0 Å². The Hall–Kier alpha value is -0.940. The van der Waals surface area contributed by atoms with Crippen LogP contribution in [0.3, 0.4) is 0 Å². The van der Waals surface area contributed by atoms with E-state index < -0.39 is 0 Å². The SMILES string of the molecule is CCSc1n[n+](-c2ccccc2)ns1. The Morgan fingerprint density at radius 2 is 2.14 bits per heavy atom. The normalized spacial score (nSPS) is 10.4. The zero-order valence-corrected chi connectivity index (χ0v) is 9.38. The van der Waals surface area contributed by atoms with Gasteiger partial charge >= 0.3 is 0 Å². The first-order valence-electron chi connectivity index (χ1n) is 4.34. The van der Waals surface area contributed by atoms with Gasteiger partial charge in [-0.1, -0.05) is 36.9 Å². The summed E-state index contributed by atoms with van der Waals surface area (Å²) in [5, 5.41) is 4.36. The van der Waals surface area contributed by atoms with Gasteiger partial charge in [0.05, 0.1) is 25.9 Å². The second-order valence-corrected chi connectivity index (χ2v) is 4.84. The Kier molecular flexibility index (Phi) is 3.10. The maximum Gasteiger partial charge on any atom is 0.269 e. The number of para-hydroxylation sites is 1. The molecule has 0 atom stereocenters. The molecule has 0 spiro atoms.